The molecule has 3 aliphatic heterocycles. The van der Waals surface area contributed by atoms with E-state index in [1.54, 1.807) is 4.90 Å². The van der Waals surface area contributed by atoms with Gasteiger partial charge in [0.2, 0.25) is 11.8 Å². The fraction of sp³-hybridized carbons (Fsp3) is 0.280. The minimum Gasteiger partial charge on any atom is -0.361 e. The molecule has 2 fully saturated rings. The van der Waals surface area contributed by atoms with Crippen molar-refractivity contribution < 1.29 is 14.3 Å². The molecule has 4 atom stereocenters. The Bertz CT molecular complexity index is 1200. The molecule has 0 radical (unpaired) electrons. The maximum atomic E-state index is 13.3. The number of hydrogen-bond donors (Lipinski definition) is 2. The second-order valence-corrected chi connectivity index (χ2v) is 8.56. The molecule has 0 saturated carbocycles. The highest BCUT2D eigenvalue weighted by Gasteiger charge is 2.66. The quantitative estimate of drug-likeness (QED) is 0.632. The van der Waals surface area contributed by atoms with Crippen molar-refractivity contribution in [1.82, 2.24) is 10.3 Å². The van der Waals surface area contributed by atoms with Crippen LogP contribution in [-0.4, -0.2) is 41.6 Å². The number of fused-ring (bicyclic) bond motifs is 2. The second kappa shape index (κ2) is 6.82. The van der Waals surface area contributed by atoms with Crippen molar-refractivity contribution in [1.29, 1.82) is 0 Å². The zero-order valence-electron chi connectivity index (χ0n) is 17.0. The number of carbonyl (C=O) groups excluding carboxylic acids is 2. The summed E-state index contributed by atoms with van der Waals surface area (Å²) < 4.78 is 6.21. The van der Waals surface area contributed by atoms with Crippen LogP contribution < -0.4 is 10.2 Å². The first kappa shape index (κ1) is 18.4. The average Bonchev–Trinajstić information content (AvgIpc) is 3.54. The molecular weight excluding hydrogens is 390 g/mol. The van der Waals surface area contributed by atoms with E-state index in [4.69, 9.17) is 4.74 Å². The number of ether oxygens (including phenoxy) is 1. The minimum atomic E-state index is -0.698. The van der Waals surface area contributed by atoms with Gasteiger partial charge in [-0.25, -0.2) is 0 Å². The molecule has 3 aliphatic rings. The molecular formula is C25H23N3O3. The minimum absolute atomic E-state index is 0.0326. The number of hydrogen-bond acceptors (Lipinski definition) is 3. The molecule has 3 unspecified atom stereocenters. The Kier molecular flexibility index (Phi) is 4.05. The number of nitrogens with one attached hydrogen (secondary N) is 2. The van der Waals surface area contributed by atoms with Crippen molar-refractivity contribution in [3.05, 3.63) is 78.5 Å². The van der Waals surface area contributed by atoms with Crippen LogP contribution in [0.15, 0.2) is 72.9 Å². The standard InChI is InChI=1S/C25H23N3O3/c29-23(26-13-11-16-14-27-19-9-5-4-8-18(16)19)21-20-10-12-25(31-20)15-28(24(30)22(21)25)17-6-2-1-3-7-17/h1-10,12,14,20-22,27H,11,13,15H2,(H,26,29)/t20-,21?,22?,25?/m1/s1. The molecule has 2 saturated heterocycles. The molecule has 2 amide bonds. The van der Waals surface area contributed by atoms with Crippen molar-refractivity contribution in [3.63, 3.8) is 0 Å². The summed E-state index contributed by atoms with van der Waals surface area (Å²) in [6.07, 6.45) is 6.32. The Morgan fingerprint density at radius 2 is 1.97 bits per heavy atom. The van der Waals surface area contributed by atoms with E-state index in [0.717, 1.165) is 17.6 Å². The molecule has 1 aromatic heterocycles. The third-order valence-corrected chi connectivity index (χ3v) is 6.84. The van der Waals surface area contributed by atoms with Gasteiger partial charge in [-0.2, -0.15) is 0 Å². The number of aromatic nitrogens is 1. The number of H-pyrrole nitrogens is 1. The third kappa shape index (κ3) is 2.75. The molecule has 6 heteroatoms. The molecule has 1 spiro atoms. The maximum Gasteiger partial charge on any atom is 0.234 e. The van der Waals surface area contributed by atoms with Crippen LogP contribution in [0.4, 0.5) is 5.69 Å². The Morgan fingerprint density at radius 3 is 2.84 bits per heavy atom. The molecule has 2 aromatic carbocycles. The van der Waals surface area contributed by atoms with E-state index in [2.05, 4.69) is 16.4 Å². The van der Waals surface area contributed by atoms with Crippen molar-refractivity contribution in [3.8, 4) is 0 Å². The lowest BCUT2D eigenvalue weighted by molar-refractivity contribution is -0.131. The Balaban J connectivity index is 1.18. The first-order chi connectivity index (χ1) is 15.2. The normalized spacial score (nSPS) is 28.5. The molecule has 0 aliphatic carbocycles. The van der Waals surface area contributed by atoms with Crippen LogP contribution in [0, 0.1) is 11.8 Å². The number of rotatable bonds is 5. The van der Waals surface area contributed by atoms with Gasteiger partial charge in [0.15, 0.2) is 0 Å². The summed E-state index contributed by atoms with van der Waals surface area (Å²) in [6.45, 7) is 0.969. The summed E-state index contributed by atoms with van der Waals surface area (Å²) >= 11 is 0. The Labute approximate surface area is 179 Å². The summed E-state index contributed by atoms with van der Waals surface area (Å²) in [4.78, 5) is 31.5. The number of benzene rings is 2. The SMILES string of the molecule is O=C(NCCc1c[nH]c2ccccc12)C1C2C(=O)N(c3ccccc3)CC23C=C[C@H]1O3. The highest BCUT2D eigenvalue weighted by atomic mass is 16.5. The van der Waals surface area contributed by atoms with E-state index < -0.39 is 17.4 Å². The summed E-state index contributed by atoms with van der Waals surface area (Å²) in [5.41, 5.74) is 2.41. The van der Waals surface area contributed by atoms with E-state index in [-0.39, 0.29) is 17.9 Å². The van der Waals surface area contributed by atoms with Gasteiger partial charge in [0.05, 0.1) is 24.5 Å². The Morgan fingerprint density at radius 1 is 1.16 bits per heavy atom. The number of nitrogens with zero attached hydrogens (tertiary/aromatic N) is 1. The van der Waals surface area contributed by atoms with E-state index in [9.17, 15) is 9.59 Å². The highest BCUT2D eigenvalue weighted by molar-refractivity contribution is 6.03. The molecule has 2 bridgehead atoms. The van der Waals surface area contributed by atoms with Gasteiger partial charge < -0.3 is 19.9 Å². The highest BCUT2D eigenvalue weighted by Crippen LogP contribution is 2.52. The maximum absolute atomic E-state index is 13.3. The second-order valence-electron chi connectivity index (χ2n) is 8.56. The number of amides is 2. The van der Waals surface area contributed by atoms with Gasteiger partial charge >= 0.3 is 0 Å². The van der Waals surface area contributed by atoms with Crippen molar-refractivity contribution >= 4 is 28.4 Å². The van der Waals surface area contributed by atoms with E-state index in [1.165, 1.54) is 10.9 Å². The van der Waals surface area contributed by atoms with Crippen LogP contribution in [0.5, 0.6) is 0 Å². The summed E-state index contributed by atoms with van der Waals surface area (Å²) in [5.74, 6) is -1.11. The van der Waals surface area contributed by atoms with E-state index in [1.807, 2.05) is 66.9 Å². The lowest BCUT2D eigenvalue weighted by atomic mass is 9.77. The first-order valence-electron chi connectivity index (χ1n) is 10.7. The first-order valence-corrected chi connectivity index (χ1v) is 10.7. The number of para-hydroxylation sites is 2. The van der Waals surface area contributed by atoms with Crippen molar-refractivity contribution in [2.45, 2.75) is 18.1 Å². The fourth-order valence-corrected chi connectivity index (χ4v) is 5.40. The van der Waals surface area contributed by atoms with E-state index in [0.29, 0.717) is 13.1 Å². The third-order valence-electron chi connectivity index (χ3n) is 6.84. The van der Waals surface area contributed by atoms with Gasteiger partial charge in [0.25, 0.3) is 0 Å². The molecule has 6 nitrogen and oxygen atoms in total. The molecule has 31 heavy (non-hydrogen) atoms. The molecule has 4 heterocycles. The molecule has 2 N–H and O–H groups in total. The number of carbonyl (C=O) groups is 2. The zero-order valence-corrected chi connectivity index (χ0v) is 17.0. The summed E-state index contributed by atoms with van der Waals surface area (Å²) in [7, 11) is 0. The summed E-state index contributed by atoms with van der Waals surface area (Å²) in [6, 6.07) is 17.7. The van der Waals surface area contributed by atoms with Gasteiger partial charge in [-0.3, -0.25) is 9.59 Å². The topological polar surface area (TPSA) is 74.4 Å². The van der Waals surface area contributed by atoms with Gasteiger partial charge in [-0.15, -0.1) is 0 Å². The average molecular weight is 413 g/mol. The van der Waals surface area contributed by atoms with Crippen LogP contribution >= 0.6 is 0 Å². The smallest absolute Gasteiger partial charge is 0.234 e. The lowest BCUT2D eigenvalue weighted by Crippen LogP contribution is -2.44. The van der Waals surface area contributed by atoms with Crippen LogP contribution in [0.2, 0.25) is 0 Å². The molecule has 6 rings (SSSR count). The van der Waals surface area contributed by atoms with Crippen LogP contribution in [0.1, 0.15) is 5.56 Å². The predicted molar refractivity (Wildman–Crippen MR) is 118 cm³/mol. The molecule has 156 valence electrons. The predicted octanol–water partition coefficient (Wildman–Crippen LogP) is 2.81. The van der Waals surface area contributed by atoms with Gasteiger partial charge in [-0.1, -0.05) is 48.6 Å². The number of anilines is 1. The zero-order chi connectivity index (χ0) is 21.0. The largest absolute Gasteiger partial charge is 0.361 e. The van der Waals surface area contributed by atoms with Gasteiger partial charge in [-0.05, 0) is 30.2 Å². The lowest BCUT2D eigenvalue weighted by Gasteiger charge is -2.23. The van der Waals surface area contributed by atoms with Crippen molar-refractivity contribution in [2.24, 2.45) is 11.8 Å². The molecule has 3 aromatic rings. The van der Waals surface area contributed by atoms with Crippen LogP contribution in [0.3, 0.4) is 0 Å². The fourth-order valence-electron chi connectivity index (χ4n) is 5.40. The van der Waals surface area contributed by atoms with Crippen LogP contribution in [-0.2, 0) is 20.7 Å². The van der Waals surface area contributed by atoms with Crippen molar-refractivity contribution in [2.75, 3.05) is 18.0 Å². The number of aromatic amines is 1. The van der Waals surface area contributed by atoms with Gasteiger partial charge in [0, 0.05) is 29.3 Å². The van der Waals surface area contributed by atoms with E-state index >= 15 is 0 Å². The monoisotopic (exact) mass is 413 g/mol. The Hall–Kier alpha value is -3.38. The van der Waals surface area contributed by atoms with Gasteiger partial charge in [0.1, 0.15) is 5.60 Å². The van der Waals surface area contributed by atoms with Crippen LogP contribution in [0.25, 0.3) is 10.9 Å². The summed E-state index contributed by atoms with van der Waals surface area (Å²) in [5, 5.41) is 4.23.